The summed E-state index contributed by atoms with van der Waals surface area (Å²) < 4.78 is 77.3. The van der Waals surface area contributed by atoms with Crippen LogP contribution in [-0.4, -0.2) is 24.1 Å². The zero-order chi connectivity index (χ0) is 21.7. The number of aromatic nitrogens is 2. The van der Waals surface area contributed by atoms with Crippen LogP contribution < -0.4 is 5.32 Å². The van der Waals surface area contributed by atoms with E-state index in [0.29, 0.717) is 11.8 Å². The minimum Gasteiger partial charge on any atom is -0.306 e. The van der Waals surface area contributed by atoms with Crippen molar-refractivity contribution in [2.24, 2.45) is 0 Å². The number of alkyl halides is 3. The van der Waals surface area contributed by atoms with Crippen LogP contribution in [0.5, 0.6) is 0 Å². The number of carbonyl (C=O) groups excluding carboxylic acids is 1. The van der Waals surface area contributed by atoms with Crippen molar-refractivity contribution in [2.45, 2.75) is 17.7 Å². The van der Waals surface area contributed by atoms with Crippen LogP contribution in [0.25, 0.3) is 5.69 Å². The lowest BCUT2D eigenvalue weighted by Crippen LogP contribution is -2.18. The summed E-state index contributed by atoms with van der Waals surface area (Å²) in [6, 6.07) is 8.94. The van der Waals surface area contributed by atoms with E-state index in [1.54, 1.807) is 0 Å². The van der Waals surface area contributed by atoms with Gasteiger partial charge in [0.2, 0.25) is 0 Å². The van der Waals surface area contributed by atoms with Crippen LogP contribution in [0, 0.1) is 5.82 Å². The highest BCUT2D eigenvalue weighted by Crippen LogP contribution is 2.34. The molecule has 1 amide bonds. The van der Waals surface area contributed by atoms with Gasteiger partial charge in [0, 0.05) is 11.1 Å². The van der Waals surface area contributed by atoms with E-state index in [-0.39, 0.29) is 34.1 Å². The predicted octanol–water partition coefficient (Wildman–Crippen LogP) is 3.71. The second-order valence-corrected chi connectivity index (χ2v) is 8.79. The molecule has 11 heteroatoms. The smallest absolute Gasteiger partial charge is 0.306 e. The molecule has 2 heterocycles. The molecule has 30 heavy (non-hydrogen) atoms. The maximum Gasteiger partial charge on any atom is 0.416 e. The fourth-order valence-corrected chi connectivity index (χ4v) is 4.65. The first-order chi connectivity index (χ1) is 14.0. The molecule has 1 aromatic heterocycles. The van der Waals surface area contributed by atoms with Crippen LogP contribution in [-0.2, 0) is 27.5 Å². The Balaban J connectivity index is 1.75. The summed E-state index contributed by atoms with van der Waals surface area (Å²) in [5.74, 6) is -2.06. The Morgan fingerprint density at radius 3 is 2.43 bits per heavy atom. The van der Waals surface area contributed by atoms with Crippen LogP contribution in [0.2, 0.25) is 0 Å². The van der Waals surface area contributed by atoms with Crippen molar-refractivity contribution in [3.8, 4) is 5.69 Å². The highest BCUT2D eigenvalue weighted by molar-refractivity contribution is 7.90. The Hall–Kier alpha value is -3.21. The average Bonchev–Trinajstić information content (AvgIpc) is 3.14. The van der Waals surface area contributed by atoms with Gasteiger partial charge in [0.05, 0.1) is 28.5 Å². The first-order valence-corrected chi connectivity index (χ1v) is 10.4. The normalized spacial score (nSPS) is 15.1. The summed E-state index contributed by atoms with van der Waals surface area (Å²) in [6.45, 7) is 0. The Bertz CT molecular complexity index is 1250. The number of carbonyl (C=O) groups is 1. The molecule has 4 rings (SSSR count). The Morgan fingerprint density at radius 2 is 1.77 bits per heavy atom. The fraction of sp³-hybridized carbons (Fsp3) is 0.158. The van der Waals surface area contributed by atoms with Gasteiger partial charge < -0.3 is 5.32 Å². The molecule has 0 unspecified atom stereocenters. The molecule has 0 atom stereocenters. The monoisotopic (exact) mass is 439 g/mol. The third-order valence-electron chi connectivity index (χ3n) is 4.54. The molecular weight excluding hydrogens is 426 g/mol. The lowest BCUT2D eigenvalue weighted by molar-refractivity contribution is -0.137. The number of amides is 1. The van der Waals surface area contributed by atoms with Gasteiger partial charge in [-0.3, -0.25) is 4.79 Å². The van der Waals surface area contributed by atoms with Gasteiger partial charge in [-0.2, -0.15) is 18.3 Å². The van der Waals surface area contributed by atoms with Gasteiger partial charge >= 0.3 is 6.18 Å². The van der Waals surface area contributed by atoms with Gasteiger partial charge in [-0.1, -0.05) is 6.07 Å². The van der Waals surface area contributed by atoms with E-state index in [1.165, 1.54) is 22.9 Å². The van der Waals surface area contributed by atoms with Crippen molar-refractivity contribution in [1.29, 1.82) is 0 Å². The van der Waals surface area contributed by atoms with E-state index < -0.39 is 33.3 Å². The first-order valence-electron chi connectivity index (χ1n) is 8.59. The number of hydrogen-bond donors (Lipinski definition) is 1. The summed E-state index contributed by atoms with van der Waals surface area (Å²) in [7, 11) is -3.45. The van der Waals surface area contributed by atoms with E-state index in [9.17, 15) is 30.8 Å². The molecule has 1 aliphatic rings. The van der Waals surface area contributed by atoms with Crippen molar-refractivity contribution in [1.82, 2.24) is 9.78 Å². The maximum atomic E-state index is 13.3. The minimum absolute atomic E-state index is 0.0140. The van der Waals surface area contributed by atoms with Crippen LogP contribution >= 0.6 is 0 Å². The molecule has 1 aliphatic heterocycles. The number of halogens is 4. The molecule has 0 bridgehead atoms. The molecule has 2 aromatic carbocycles. The molecule has 0 radical (unpaired) electrons. The standard InChI is InChI=1S/C19H13F4N3O3S/c20-13-4-6-14(7-5-13)26-17(15-9-30(28,29)10-16(15)25-26)24-18(27)11-2-1-3-12(8-11)19(21,22)23/h1-8H,9-10H2,(H,24,27). The van der Waals surface area contributed by atoms with E-state index in [2.05, 4.69) is 10.4 Å². The van der Waals surface area contributed by atoms with Crippen molar-refractivity contribution in [3.63, 3.8) is 0 Å². The van der Waals surface area contributed by atoms with Gasteiger partial charge in [0.15, 0.2) is 9.84 Å². The third-order valence-corrected chi connectivity index (χ3v) is 5.98. The number of fused-ring (bicyclic) bond motifs is 1. The van der Waals surface area contributed by atoms with Gasteiger partial charge in [0.25, 0.3) is 5.91 Å². The second-order valence-electron chi connectivity index (χ2n) is 6.73. The SMILES string of the molecule is O=C(Nc1c2c(nn1-c1ccc(F)cc1)CS(=O)(=O)C2)c1cccc(C(F)(F)F)c1. The van der Waals surface area contributed by atoms with Crippen molar-refractivity contribution in [3.05, 3.63) is 76.7 Å². The molecule has 6 nitrogen and oxygen atoms in total. The third kappa shape index (κ3) is 3.80. The molecule has 0 aliphatic carbocycles. The van der Waals surface area contributed by atoms with Crippen LogP contribution in [0.15, 0.2) is 48.5 Å². The number of anilines is 1. The summed E-state index contributed by atoms with van der Waals surface area (Å²) in [4.78, 5) is 12.7. The maximum absolute atomic E-state index is 13.3. The highest BCUT2D eigenvalue weighted by Gasteiger charge is 2.34. The zero-order valence-electron chi connectivity index (χ0n) is 15.1. The number of rotatable bonds is 3. The summed E-state index contributed by atoms with van der Waals surface area (Å²) >= 11 is 0. The second kappa shape index (κ2) is 6.94. The van der Waals surface area contributed by atoms with E-state index in [0.717, 1.165) is 24.3 Å². The Labute approximate surface area is 168 Å². The van der Waals surface area contributed by atoms with Gasteiger partial charge in [-0.15, -0.1) is 0 Å². The Kier molecular flexibility index (Phi) is 4.64. The van der Waals surface area contributed by atoms with E-state index >= 15 is 0 Å². The molecule has 0 saturated carbocycles. The first kappa shape index (κ1) is 20.1. The predicted molar refractivity (Wildman–Crippen MR) is 99.2 cm³/mol. The number of nitrogens with zero attached hydrogens (tertiary/aromatic N) is 2. The highest BCUT2D eigenvalue weighted by atomic mass is 32.2. The molecular formula is C19H13F4N3O3S. The zero-order valence-corrected chi connectivity index (χ0v) is 15.9. The van der Waals surface area contributed by atoms with Crippen LogP contribution in [0.1, 0.15) is 27.2 Å². The lowest BCUT2D eigenvalue weighted by Gasteiger charge is -2.12. The minimum atomic E-state index is -4.62. The number of sulfone groups is 1. The van der Waals surface area contributed by atoms with Gasteiger partial charge in [-0.25, -0.2) is 17.5 Å². The van der Waals surface area contributed by atoms with Gasteiger partial charge in [0.1, 0.15) is 11.6 Å². The number of nitrogens with one attached hydrogen (secondary N) is 1. The van der Waals surface area contributed by atoms with Crippen molar-refractivity contribution >= 4 is 21.6 Å². The van der Waals surface area contributed by atoms with Crippen LogP contribution in [0.4, 0.5) is 23.4 Å². The van der Waals surface area contributed by atoms with Crippen molar-refractivity contribution < 1.29 is 30.8 Å². The fourth-order valence-electron chi connectivity index (χ4n) is 3.16. The van der Waals surface area contributed by atoms with E-state index in [4.69, 9.17) is 0 Å². The largest absolute Gasteiger partial charge is 0.416 e. The topological polar surface area (TPSA) is 81.1 Å². The Morgan fingerprint density at radius 1 is 1.07 bits per heavy atom. The van der Waals surface area contributed by atoms with Crippen LogP contribution in [0.3, 0.4) is 0 Å². The number of hydrogen-bond acceptors (Lipinski definition) is 4. The lowest BCUT2D eigenvalue weighted by atomic mass is 10.1. The number of benzene rings is 2. The van der Waals surface area contributed by atoms with Gasteiger partial charge in [-0.05, 0) is 42.5 Å². The molecule has 0 spiro atoms. The molecule has 3 aromatic rings. The quantitative estimate of drug-likeness (QED) is 0.631. The molecule has 0 saturated heterocycles. The average molecular weight is 439 g/mol. The summed E-state index contributed by atoms with van der Waals surface area (Å²) in [5, 5.41) is 6.68. The summed E-state index contributed by atoms with van der Waals surface area (Å²) in [5.41, 5.74) is -0.429. The molecule has 1 N–H and O–H groups in total. The molecule has 0 fully saturated rings. The van der Waals surface area contributed by atoms with Crippen molar-refractivity contribution in [2.75, 3.05) is 5.32 Å². The molecule has 156 valence electrons. The summed E-state index contributed by atoms with van der Waals surface area (Å²) in [6.07, 6.45) is -4.62. The van der Waals surface area contributed by atoms with E-state index in [1.807, 2.05) is 0 Å².